The first-order chi connectivity index (χ1) is 10.1. The van der Waals surface area contributed by atoms with Crippen LogP contribution in [0.4, 0.5) is 11.4 Å². The van der Waals surface area contributed by atoms with E-state index in [-0.39, 0.29) is 5.91 Å². The van der Waals surface area contributed by atoms with Crippen LogP contribution in [0.1, 0.15) is 35.2 Å². The lowest BCUT2D eigenvalue weighted by Crippen LogP contribution is -2.36. The maximum absolute atomic E-state index is 11.9. The van der Waals surface area contributed by atoms with Gasteiger partial charge in [-0.1, -0.05) is 6.58 Å². The Kier molecular flexibility index (Phi) is 4.62. The molecule has 1 fully saturated rings. The number of rotatable bonds is 5. The number of nitrogen functional groups attached to an aromatic ring is 1. The number of nitrogens with two attached hydrogens (primary N) is 1. The standard InChI is InChI=1S/C16H21N3O2/c1-11(9-19-6-4-3-5-16(19)21)13-7-12(10-20)14(17)8-15(13)18-2/h7-8,10,18H,1,3-6,9,17H2,2H3. The Balaban J connectivity index is 2.25. The zero-order valence-electron chi connectivity index (χ0n) is 12.3. The molecule has 0 aliphatic carbocycles. The lowest BCUT2D eigenvalue weighted by molar-refractivity contribution is -0.132. The first-order valence-electron chi connectivity index (χ1n) is 7.09. The van der Waals surface area contributed by atoms with Gasteiger partial charge in [0.25, 0.3) is 0 Å². The molecule has 1 saturated heterocycles. The number of carbonyl (C=O) groups is 2. The summed E-state index contributed by atoms with van der Waals surface area (Å²) < 4.78 is 0. The summed E-state index contributed by atoms with van der Waals surface area (Å²) >= 11 is 0. The fourth-order valence-corrected chi connectivity index (χ4v) is 2.58. The molecule has 1 aromatic carbocycles. The Morgan fingerprint density at radius 2 is 2.24 bits per heavy atom. The topological polar surface area (TPSA) is 75.4 Å². The van der Waals surface area contributed by atoms with Crippen LogP contribution in [0.5, 0.6) is 0 Å². The van der Waals surface area contributed by atoms with E-state index < -0.39 is 0 Å². The van der Waals surface area contributed by atoms with E-state index in [2.05, 4.69) is 11.9 Å². The molecule has 2 rings (SSSR count). The number of nitrogens with one attached hydrogen (secondary N) is 1. The highest BCUT2D eigenvalue weighted by atomic mass is 16.2. The number of hydrogen-bond acceptors (Lipinski definition) is 4. The smallest absolute Gasteiger partial charge is 0.222 e. The Hall–Kier alpha value is -2.30. The van der Waals surface area contributed by atoms with E-state index in [1.54, 1.807) is 19.2 Å². The molecule has 5 heteroatoms. The fraction of sp³-hybridized carbons (Fsp3) is 0.375. The summed E-state index contributed by atoms with van der Waals surface area (Å²) in [5.41, 5.74) is 9.13. The highest BCUT2D eigenvalue weighted by molar-refractivity contribution is 5.90. The second kappa shape index (κ2) is 6.43. The van der Waals surface area contributed by atoms with Gasteiger partial charge in [0, 0.05) is 49.1 Å². The molecule has 0 bridgehead atoms. The van der Waals surface area contributed by atoms with Crippen LogP contribution in [-0.4, -0.2) is 37.2 Å². The zero-order valence-corrected chi connectivity index (χ0v) is 12.3. The summed E-state index contributed by atoms with van der Waals surface area (Å²) in [6.07, 6.45) is 3.32. The number of piperidine rings is 1. The van der Waals surface area contributed by atoms with Crippen LogP contribution in [0.25, 0.3) is 5.57 Å². The molecule has 1 heterocycles. The number of benzene rings is 1. The molecular formula is C16H21N3O2. The molecule has 1 amide bonds. The van der Waals surface area contributed by atoms with E-state index in [4.69, 9.17) is 5.73 Å². The third-order valence-electron chi connectivity index (χ3n) is 3.80. The number of likely N-dealkylation sites (tertiary alicyclic amines) is 1. The van der Waals surface area contributed by atoms with Crippen LogP contribution in [0.15, 0.2) is 18.7 Å². The molecule has 112 valence electrons. The molecule has 0 atom stereocenters. The number of amides is 1. The van der Waals surface area contributed by atoms with Crippen molar-refractivity contribution in [1.29, 1.82) is 0 Å². The SMILES string of the molecule is C=C(CN1CCCCC1=O)c1cc(C=O)c(N)cc1NC. The van der Waals surface area contributed by atoms with Gasteiger partial charge < -0.3 is 16.0 Å². The van der Waals surface area contributed by atoms with Crippen molar-refractivity contribution in [3.05, 3.63) is 29.8 Å². The van der Waals surface area contributed by atoms with E-state index in [0.29, 0.717) is 24.2 Å². The molecule has 0 radical (unpaired) electrons. The summed E-state index contributed by atoms with van der Waals surface area (Å²) in [6, 6.07) is 3.45. The summed E-state index contributed by atoms with van der Waals surface area (Å²) in [4.78, 5) is 24.8. The van der Waals surface area contributed by atoms with Gasteiger partial charge in [-0.15, -0.1) is 0 Å². The number of aldehydes is 1. The Bertz CT molecular complexity index is 581. The van der Waals surface area contributed by atoms with Crippen LogP contribution in [-0.2, 0) is 4.79 Å². The maximum atomic E-state index is 11.9. The zero-order chi connectivity index (χ0) is 15.4. The lowest BCUT2D eigenvalue weighted by Gasteiger charge is -2.28. The number of anilines is 2. The van der Waals surface area contributed by atoms with Gasteiger partial charge in [0.1, 0.15) is 0 Å². The normalized spacial score (nSPS) is 14.9. The van der Waals surface area contributed by atoms with Gasteiger partial charge in [0.15, 0.2) is 6.29 Å². The molecule has 3 N–H and O–H groups in total. The van der Waals surface area contributed by atoms with Crippen LogP contribution < -0.4 is 11.1 Å². The molecule has 0 aromatic heterocycles. The van der Waals surface area contributed by atoms with Gasteiger partial charge >= 0.3 is 0 Å². The van der Waals surface area contributed by atoms with E-state index in [1.165, 1.54) is 0 Å². The van der Waals surface area contributed by atoms with Crippen LogP contribution in [0.3, 0.4) is 0 Å². The van der Waals surface area contributed by atoms with Crippen LogP contribution >= 0.6 is 0 Å². The minimum Gasteiger partial charge on any atom is -0.398 e. The van der Waals surface area contributed by atoms with Crippen molar-refractivity contribution in [2.45, 2.75) is 19.3 Å². The molecule has 5 nitrogen and oxygen atoms in total. The Morgan fingerprint density at radius 1 is 1.48 bits per heavy atom. The third-order valence-corrected chi connectivity index (χ3v) is 3.80. The third kappa shape index (κ3) is 3.24. The molecule has 0 saturated carbocycles. The molecule has 1 aliphatic rings. The molecule has 21 heavy (non-hydrogen) atoms. The highest BCUT2D eigenvalue weighted by Crippen LogP contribution is 2.28. The Labute approximate surface area is 124 Å². The molecule has 1 aromatic rings. The van der Waals surface area contributed by atoms with Gasteiger partial charge in [-0.3, -0.25) is 9.59 Å². The van der Waals surface area contributed by atoms with E-state index in [0.717, 1.165) is 42.5 Å². The van der Waals surface area contributed by atoms with Gasteiger partial charge in [-0.2, -0.15) is 0 Å². The number of carbonyl (C=O) groups excluding carboxylic acids is 2. The molecule has 0 unspecified atom stereocenters. The van der Waals surface area contributed by atoms with Gasteiger partial charge in [0.05, 0.1) is 0 Å². The van der Waals surface area contributed by atoms with Crippen LogP contribution in [0.2, 0.25) is 0 Å². The number of hydrogen-bond donors (Lipinski definition) is 2. The highest BCUT2D eigenvalue weighted by Gasteiger charge is 2.20. The second-order valence-corrected chi connectivity index (χ2v) is 5.27. The minimum absolute atomic E-state index is 0.166. The maximum Gasteiger partial charge on any atom is 0.222 e. The first-order valence-corrected chi connectivity index (χ1v) is 7.09. The van der Waals surface area contributed by atoms with Crippen molar-refractivity contribution in [3.63, 3.8) is 0 Å². The van der Waals surface area contributed by atoms with Crippen molar-refractivity contribution in [3.8, 4) is 0 Å². The van der Waals surface area contributed by atoms with Crippen molar-refractivity contribution in [1.82, 2.24) is 4.90 Å². The van der Waals surface area contributed by atoms with Crippen molar-refractivity contribution >= 4 is 29.1 Å². The monoisotopic (exact) mass is 287 g/mol. The predicted octanol–water partition coefficient (Wildman–Crippen LogP) is 2.15. The predicted molar refractivity (Wildman–Crippen MR) is 85.3 cm³/mol. The number of nitrogens with zero attached hydrogens (tertiary/aromatic N) is 1. The van der Waals surface area contributed by atoms with Gasteiger partial charge in [0.2, 0.25) is 5.91 Å². The fourth-order valence-electron chi connectivity index (χ4n) is 2.58. The molecule has 0 spiro atoms. The average Bonchev–Trinajstić information content (AvgIpc) is 2.49. The summed E-state index contributed by atoms with van der Waals surface area (Å²) in [6.45, 7) is 5.32. The van der Waals surface area contributed by atoms with Crippen molar-refractivity contribution in [2.24, 2.45) is 0 Å². The molecular weight excluding hydrogens is 266 g/mol. The second-order valence-electron chi connectivity index (χ2n) is 5.27. The van der Waals surface area contributed by atoms with Crippen LogP contribution in [0, 0.1) is 0 Å². The molecule has 1 aliphatic heterocycles. The average molecular weight is 287 g/mol. The summed E-state index contributed by atoms with van der Waals surface area (Å²) in [7, 11) is 1.79. The first kappa shape index (κ1) is 15.1. The van der Waals surface area contributed by atoms with Crippen molar-refractivity contribution in [2.75, 3.05) is 31.2 Å². The quantitative estimate of drug-likeness (QED) is 0.642. The minimum atomic E-state index is 0.166. The summed E-state index contributed by atoms with van der Waals surface area (Å²) in [5.74, 6) is 0.166. The lowest BCUT2D eigenvalue weighted by atomic mass is 9.99. The van der Waals surface area contributed by atoms with E-state index >= 15 is 0 Å². The largest absolute Gasteiger partial charge is 0.398 e. The van der Waals surface area contributed by atoms with E-state index in [1.807, 2.05) is 4.90 Å². The van der Waals surface area contributed by atoms with Crippen molar-refractivity contribution < 1.29 is 9.59 Å². The summed E-state index contributed by atoms with van der Waals surface area (Å²) in [5, 5.41) is 3.06. The van der Waals surface area contributed by atoms with Gasteiger partial charge in [-0.25, -0.2) is 0 Å². The van der Waals surface area contributed by atoms with Gasteiger partial charge in [-0.05, 0) is 30.5 Å². The van der Waals surface area contributed by atoms with E-state index in [9.17, 15) is 9.59 Å². The Morgan fingerprint density at radius 3 is 2.86 bits per heavy atom.